The summed E-state index contributed by atoms with van der Waals surface area (Å²) in [6.07, 6.45) is -3.50. The molecule has 1 atom stereocenters. The molecule has 0 spiro atoms. The maximum absolute atomic E-state index is 13.6. The van der Waals surface area contributed by atoms with E-state index in [0.29, 0.717) is 25.7 Å². The molecule has 1 aromatic rings. The van der Waals surface area contributed by atoms with Gasteiger partial charge in [-0.05, 0) is 64.4 Å². The van der Waals surface area contributed by atoms with Gasteiger partial charge in [-0.2, -0.15) is 18.3 Å². The van der Waals surface area contributed by atoms with Crippen molar-refractivity contribution < 1.29 is 37.0 Å². The number of alkyl halides is 3. The normalized spacial score (nSPS) is 19.2. The Morgan fingerprint density at radius 3 is 2.24 bits per heavy atom. The van der Waals surface area contributed by atoms with E-state index in [-0.39, 0.29) is 37.4 Å². The van der Waals surface area contributed by atoms with Crippen LogP contribution in [0.2, 0.25) is 0 Å². The van der Waals surface area contributed by atoms with E-state index in [1.807, 2.05) is 35.8 Å². The first kappa shape index (κ1) is 30.9. The number of hydrazone groups is 1. The van der Waals surface area contributed by atoms with E-state index in [2.05, 4.69) is 15.7 Å². The summed E-state index contributed by atoms with van der Waals surface area (Å²) in [5, 5.41) is 7.93. The number of nitrogens with zero attached hydrogens (tertiary/aromatic N) is 1. The van der Waals surface area contributed by atoms with Crippen LogP contribution in [0.5, 0.6) is 0 Å². The molecule has 0 aliphatic heterocycles. The Kier molecular flexibility index (Phi) is 11.4. The highest BCUT2D eigenvalue weighted by Crippen LogP contribution is 2.29. The monoisotopic (exact) mass is 542 g/mol. The number of hydrogen-bond donors (Lipinski definition) is 3. The highest BCUT2D eigenvalue weighted by Gasteiger charge is 2.42. The number of esters is 1. The second-order valence-corrected chi connectivity index (χ2v) is 10.2. The molecule has 0 bridgehead atoms. The van der Waals surface area contributed by atoms with Crippen LogP contribution in [0, 0.1) is 11.8 Å². The second-order valence-electron chi connectivity index (χ2n) is 10.2. The average molecular weight is 543 g/mol. The molecule has 0 saturated heterocycles. The molecule has 0 aromatic heterocycles. The van der Waals surface area contributed by atoms with Gasteiger partial charge in [-0.25, -0.2) is 15.0 Å². The van der Waals surface area contributed by atoms with E-state index < -0.39 is 35.7 Å². The summed E-state index contributed by atoms with van der Waals surface area (Å²) in [4.78, 5) is 36.5. The van der Waals surface area contributed by atoms with E-state index in [1.165, 1.54) is 6.92 Å². The predicted molar refractivity (Wildman–Crippen MR) is 135 cm³/mol. The van der Waals surface area contributed by atoms with Crippen LogP contribution in [-0.2, 0) is 20.9 Å². The SMILES string of the molecule is CCC(NC(=O)OC(C)(C)C)/C(=N/NC(=O)NCC1CCC(C(=O)OCc2ccccc2)CC1)C(F)(F)F. The maximum Gasteiger partial charge on any atom is 0.433 e. The first-order valence-corrected chi connectivity index (χ1v) is 12.7. The fraction of sp³-hybridized carbons (Fsp3) is 0.615. The van der Waals surface area contributed by atoms with Crippen molar-refractivity contribution >= 4 is 23.8 Å². The summed E-state index contributed by atoms with van der Waals surface area (Å²) >= 11 is 0. The van der Waals surface area contributed by atoms with Crippen LogP contribution in [-0.4, -0.2) is 48.2 Å². The van der Waals surface area contributed by atoms with E-state index in [1.54, 1.807) is 20.8 Å². The smallest absolute Gasteiger partial charge is 0.433 e. The number of amides is 3. The first-order chi connectivity index (χ1) is 17.8. The van der Waals surface area contributed by atoms with Crippen molar-refractivity contribution in [2.75, 3.05) is 6.54 Å². The summed E-state index contributed by atoms with van der Waals surface area (Å²) in [6, 6.07) is 6.97. The average Bonchev–Trinajstić information content (AvgIpc) is 2.84. The molecule has 0 heterocycles. The molecule has 1 fully saturated rings. The van der Waals surface area contributed by atoms with Crippen molar-refractivity contribution in [3.63, 3.8) is 0 Å². The number of benzene rings is 1. The fourth-order valence-corrected chi connectivity index (χ4v) is 3.99. The van der Waals surface area contributed by atoms with Crippen molar-refractivity contribution in [2.24, 2.45) is 16.9 Å². The number of alkyl carbamates (subject to hydrolysis) is 1. The zero-order valence-electron chi connectivity index (χ0n) is 22.2. The van der Waals surface area contributed by atoms with Gasteiger partial charge in [-0.1, -0.05) is 37.3 Å². The van der Waals surface area contributed by atoms with Gasteiger partial charge in [0.2, 0.25) is 0 Å². The van der Waals surface area contributed by atoms with Gasteiger partial charge >= 0.3 is 24.3 Å². The van der Waals surface area contributed by atoms with Gasteiger partial charge in [0.15, 0.2) is 5.71 Å². The van der Waals surface area contributed by atoms with E-state index >= 15 is 0 Å². The van der Waals surface area contributed by atoms with Crippen LogP contribution in [0.1, 0.15) is 65.4 Å². The van der Waals surface area contributed by atoms with Crippen molar-refractivity contribution in [3.8, 4) is 0 Å². The minimum Gasteiger partial charge on any atom is -0.461 e. The van der Waals surface area contributed by atoms with Gasteiger partial charge in [-0.15, -0.1) is 0 Å². The molecular formula is C26H37F3N4O5. The molecule has 12 heteroatoms. The van der Waals surface area contributed by atoms with Crippen LogP contribution in [0.4, 0.5) is 22.8 Å². The summed E-state index contributed by atoms with van der Waals surface area (Å²) < 4.78 is 51.2. The molecular weight excluding hydrogens is 505 g/mol. The quantitative estimate of drug-likeness (QED) is 0.229. The molecule has 2 rings (SSSR count). The van der Waals surface area contributed by atoms with Gasteiger partial charge < -0.3 is 20.1 Å². The standard InChI is InChI=1S/C26H37F3N4O5/c1-5-20(31-24(36)38-25(2,3)4)21(26(27,28)29)32-33-23(35)30-15-17-11-13-19(14-12-17)22(34)37-16-18-9-7-6-8-10-18/h6-10,17,19-20H,5,11-16H2,1-4H3,(H,31,36)(H2,30,33,35)/b32-21-. The third-order valence-corrected chi connectivity index (χ3v) is 5.95. The molecule has 1 aliphatic carbocycles. The van der Waals surface area contributed by atoms with Crippen LogP contribution < -0.4 is 16.1 Å². The zero-order valence-corrected chi connectivity index (χ0v) is 22.2. The molecule has 0 radical (unpaired) electrons. The number of halogens is 3. The molecule has 212 valence electrons. The zero-order chi connectivity index (χ0) is 28.3. The molecule has 1 saturated carbocycles. The Morgan fingerprint density at radius 2 is 1.68 bits per heavy atom. The molecule has 3 amide bonds. The number of urea groups is 1. The van der Waals surface area contributed by atoms with Gasteiger partial charge in [0.05, 0.1) is 12.0 Å². The van der Waals surface area contributed by atoms with Gasteiger partial charge in [0.1, 0.15) is 12.2 Å². The van der Waals surface area contributed by atoms with Crippen molar-refractivity contribution in [1.82, 2.24) is 16.1 Å². The van der Waals surface area contributed by atoms with Crippen molar-refractivity contribution in [1.29, 1.82) is 0 Å². The van der Waals surface area contributed by atoms with Crippen LogP contribution in [0.15, 0.2) is 35.4 Å². The highest BCUT2D eigenvalue weighted by atomic mass is 19.4. The van der Waals surface area contributed by atoms with Gasteiger partial charge in [0, 0.05) is 6.54 Å². The number of carbonyl (C=O) groups is 3. The third kappa shape index (κ3) is 11.0. The van der Waals surface area contributed by atoms with E-state index in [0.717, 1.165) is 5.56 Å². The van der Waals surface area contributed by atoms with Crippen molar-refractivity contribution in [3.05, 3.63) is 35.9 Å². The van der Waals surface area contributed by atoms with E-state index in [9.17, 15) is 27.6 Å². The Morgan fingerprint density at radius 1 is 1.05 bits per heavy atom. The lowest BCUT2D eigenvalue weighted by Crippen LogP contribution is -2.49. The Labute approximate surface area is 220 Å². The number of ether oxygens (including phenoxy) is 2. The van der Waals surface area contributed by atoms with Crippen LogP contribution in [0.3, 0.4) is 0 Å². The lowest BCUT2D eigenvalue weighted by atomic mass is 9.82. The predicted octanol–water partition coefficient (Wildman–Crippen LogP) is 5.06. The molecule has 3 N–H and O–H groups in total. The number of rotatable bonds is 9. The largest absolute Gasteiger partial charge is 0.461 e. The molecule has 38 heavy (non-hydrogen) atoms. The van der Waals surface area contributed by atoms with Crippen molar-refractivity contribution in [2.45, 2.75) is 84.2 Å². The molecule has 1 aromatic carbocycles. The third-order valence-electron chi connectivity index (χ3n) is 5.95. The number of hydrogen-bond acceptors (Lipinski definition) is 6. The lowest BCUT2D eigenvalue weighted by Gasteiger charge is -2.27. The maximum atomic E-state index is 13.6. The Hall–Kier alpha value is -3.31. The summed E-state index contributed by atoms with van der Waals surface area (Å²) in [5.41, 5.74) is 0.543. The van der Waals surface area contributed by atoms with Crippen LogP contribution in [0.25, 0.3) is 0 Å². The molecule has 1 aliphatic rings. The minimum absolute atomic E-state index is 0.0715. The Balaban J connectivity index is 1.81. The first-order valence-electron chi connectivity index (χ1n) is 12.7. The molecule has 1 unspecified atom stereocenters. The van der Waals surface area contributed by atoms with Crippen LogP contribution >= 0.6 is 0 Å². The number of nitrogens with one attached hydrogen (secondary N) is 3. The number of carbonyl (C=O) groups excluding carboxylic acids is 3. The van der Waals surface area contributed by atoms with Gasteiger partial charge in [-0.3, -0.25) is 4.79 Å². The van der Waals surface area contributed by atoms with E-state index in [4.69, 9.17) is 9.47 Å². The summed E-state index contributed by atoms with van der Waals surface area (Å²) in [5.74, 6) is -0.397. The topological polar surface area (TPSA) is 118 Å². The van der Waals surface area contributed by atoms with Gasteiger partial charge in [0.25, 0.3) is 0 Å². The minimum atomic E-state index is -4.89. The molecule has 9 nitrogen and oxygen atoms in total. The fourth-order valence-electron chi connectivity index (χ4n) is 3.99. The summed E-state index contributed by atoms with van der Waals surface area (Å²) in [6.45, 7) is 6.64. The Bertz CT molecular complexity index is 956. The second kappa shape index (κ2) is 14.0. The summed E-state index contributed by atoms with van der Waals surface area (Å²) in [7, 11) is 0. The highest BCUT2D eigenvalue weighted by molar-refractivity contribution is 5.97. The lowest BCUT2D eigenvalue weighted by molar-refractivity contribution is -0.151.